The lowest BCUT2D eigenvalue weighted by Crippen LogP contribution is -2.55. The van der Waals surface area contributed by atoms with Gasteiger partial charge in [-0.1, -0.05) is 49.6 Å². The maximum atomic E-state index is 14.8. The third-order valence-electron chi connectivity index (χ3n) is 4.92. The molecule has 2 aromatic rings. The van der Waals surface area contributed by atoms with Crippen LogP contribution in [0.5, 0.6) is 11.5 Å². The van der Waals surface area contributed by atoms with Gasteiger partial charge in [-0.05, 0) is 12.1 Å². The van der Waals surface area contributed by atoms with Gasteiger partial charge in [-0.25, -0.2) is 9.59 Å². The Balaban J connectivity index is 2.81. The van der Waals surface area contributed by atoms with Crippen LogP contribution in [0.3, 0.4) is 0 Å². The number of para-hydroxylation sites is 2. The molecular formula is C25H22F6O6. The van der Waals surface area contributed by atoms with Crippen molar-refractivity contribution in [1.82, 2.24) is 0 Å². The average Bonchev–Trinajstić information content (AvgIpc) is 2.79. The second-order valence-corrected chi connectivity index (χ2v) is 7.39. The normalized spacial score (nSPS) is 13.6. The van der Waals surface area contributed by atoms with Crippen molar-refractivity contribution < 1.29 is 54.9 Å². The van der Waals surface area contributed by atoms with Crippen LogP contribution in [-0.4, -0.2) is 36.9 Å². The first kappa shape index (κ1) is 29.3. The van der Waals surface area contributed by atoms with Crippen LogP contribution in [0.1, 0.15) is 25.0 Å². The Morgan fingerprint density at radius 3 is 1.32 bits per heavy atom. The molecule has 12 heteroatoms. The lowest BCUT2D eigenvalue weighted by molar-refractivity contribution is -0.289. The van der Waals surface area contributed by atoms with Crippen LogP contribution in [0.4, 0.5) is 26.3 Å². The van der Waals surface area contributed by atoms with Gasteiger partial charge in [-0.15, -0.1) is 0 Å². The number of esters is 2. The molecule has 0 amide bonds. The van der Waals surface area contributed by atoms with Gasteiger partial charge in [0, 0.05) is 37.1 Å². The standard InChI is InChI=1S/C25H22F6O6/c1-5-21(32)36-15(3)34-19-13-9-7-11-17(19)23(24(26,27)28,25(29,30)31)18-12-8-10-14-20(18)35-16(4)37-22(33)6-2/h5-16H,1-2H2,3-4H3. The average molecular weight is 532 g/mol. The van der Waals surface area contributed by atoms with Gasteiger partial charge in [0.25, 0.3) is 0 Å². The van der Waals surface area contributed by atoms with E-state index in [1.54, 1.807) is 0 Å². The van der Waals surface area contributed by atoms with Crippen LogP contribution >= 0.6 is 0 Å². The zero-order chi connectivity index (χ0) is 28.0. The van der Waals surface area contributed by atoms with E-state index in [1.165, 1.54) is 0 Å². The maximum Gasteiger partial charge on any atom is 0.411 e. The molecule has 0 aliphatic heterocycles. The van der Waals surface area contributed by atoms with Crippen molar-refractivity contribution in [3.63, 3.8) is 0 Å². The molecular weight excluding hydrogens is 510 g/mol. The largest absolute Gasteiger partial charge is 0.455 e. The van der Waals surface area contributed by atoms with Crippen LogP contribution in [0.15, 0.2) is 73.8 Å². The zero-order valence-electron chi connectivity index (χ0n) is 19.6. The van der Waals surface area contributed by atoms with E-state index in [4.69, 9.17) is 18.9 Å². The highest BCUT2D eigenvalue weighted by molar-refractivity contribution is 5.81. The van der Waals surface area contributed by atoms with Crippen molar-refractivity contribution in [3.8, 4) is 11.5 Å². The van der Waals surface area contributed by atoms with Crippen LogP contribution in [0.2, 0.25) is 0 Å². The van der Waals surface area contributed by atoms with Gasteiger partial charge in [0.1, 0.15) is 11.5 Å². The quantitative estimate of drug-likeness (QED) is 0.162. The maximum absolute atomic E-state index is 14.8. The monoisotopic (exact) mass is 532 g/mol. The molecule has 2 aromatic carbocycles. The lowest BCUT2D eigenvalue weighted by Gasteiger charge is -2.40. The topological polar surface area (TPSA) is 71.1 Å². The molecule has 0 fully saturated rings. The van der Waals surface area contributed by atoms with Crippen molar-refractivity contribution in [2.45, 2.75) is 44.2 Å². The van der Waals surface area contributed by atoms with E-state index in [1.807, 2.05) is 0 Å². The smallest absolute Gasteiger partial charge is 0.411 e. The van der Waals surface area contributed by atoms with Gasteiger partial charge in [-0.3, -0.25) is 0 Å². The number of hydrogen-bond donors (Lipinski definition) is 0. The minimum Gasteiger partial charge on any atom is -0.455 e. The van der Waals surface area contributed by atoms with Crippen molar-refractivity contribution in [1.29, 1.82) is 0 Å². The summed E-state index contributed by atoms with van der Waals surface area (Å²) in [6.45, 7) is 8.53. The number of rotatable bonds is 10. The molecule has 2 rings (SSSR count). The summed E-state index contributed by atoms with van der Waals surface area (Å²) in [7, 11) is 0. The van der Waals surface area contributed by atoms with Gasteiger partial charge < -0.3 is 18.9 Å². The van der Waals surface area contributed by atoms with E-state index in [9.17, 15) is 35.9 Å². The minimum atomic E-state index is -5.99. The molecule has 0 aromatic heterocycles. The fourth-order valence-corrected chi connectivity index (χ4v) is 3.50. The Morgan fingerprint density at radius 2 is 1.03 bits per heavy atom. The number of benzene rings is 2. The van der Waals surface area contributed by atoms with Gasteiger partial charge in [0.2, 0.25) is 18.0 Å². The Bertz CT molecular complexity index is 1050. The predicted octanol–water partition coefficient (Wildman–Crippen LogP) is 6.01. The molecule has 2 unspecified atom stereocenters. The number of carbonyl (C=O) groups excluding carboxylic acids is 2. The summed E-state index contributed by atoms with van der Waals surface area (Å²) >= 11 is 0. The molecule has 0 bridgehead atoms. The first-order valence-corrected chi connectivity index (χ1v) is 10.5. The molecule has 0 aliphatic carbocycles. The Labute approximate surface area is 208 Å². The van der Waals surface area contributed by atoms with Gasteiger partial charge in [0.15, 0.2) is 0 Å². The molecule has 37 heavy (non-hydrogen) atoms. The Kier molecular flexibility index (Phi) is 9.02. The van der Waals surface area contributed by atoms with Crippen molar-refractivity contribution in [2.24, 2.45) is 0 Å². The molecule has 0 saturated carbocycles. The van der Waals surface area contributed by atoms with Crippen LogP contribution in [0.25, 0.3) is 0 Å². The summed E-state index contributed by atoms with van der Waals surface area (Å²) < 4.78 is 109. The first-order valence-electron chi connectivity index (χ1n) is 10.5. The molecule has 200 valence electrons. The Hall–Kier alpha value is -3.96. The van der Waals surface area contributed by atoms with Crippen LogP contribution < -0.4 is 9.47 Å². The number of halogens is 6. The zero-order valence-corrected chi connectivity index (χ0v) is 19.6. The Morgan fingerprint density at radius 1 is 0.703 bits per heavy atom. The van der Waals surface area contributed by atoms with E-state index in [-0.39, 0.29) is 0 Å². The molecule has 0 spiro atoms. The molecule has 0 radical (unpaired) electrons. The lowest BCUT2D eigenvalue weighted by atomic mass is 9.72. The third kappa shape index (κ3) is 6.25. The van der Waals surface area contributed by atoms with E-state index in [0.29, 0.717) is 12.1 Å². The predicted molar refractivity (Wildman–Crippen MR) is 119 cm³/mol. The summed E-state index contributed by atoms with van der Waals surface area (Å²) in [5.74, 6) is -3.74. The second-order valence-electron chi connectivity index (χ2n) is 7.39. The fourth-order valence-electron chi connectivity index (χ4n) is 3.50. The molecule has 0 N–H and O–H groups in total. The molecule has 2 atom stereocenters. The van der Waals surface area contributed by atoms with Gasteiger partial charge >= 0.3 is 24.3 Å². The number of ether oxygens (including phenoxy) is 4. The summed E-state index contributed by atoms with van der Waals surface area (Å²) in [5, 5.41) is 0. The molecule has 0 saturated heterocycles. The number of alkyl halides is 6. The molecule has 0 aliphatic rings. The first-order chi connectivity index (χ1) is 17.2. The minimum absolute atomic E-state index is 0.594. The molecule has 0 heterocycles. The van der Waals surface area contributed by atoms with Crippen LogP contribution in [-0.2, 0) is 24.5 Å². The van der Waals surface area contributed by atoms with E-state index >= 15 is 0 Å². The van der Waals surface area contributed by atoms with Crippen molar-refractivity contribution >= 4 is 11.9 Å². The highest BCUT2D eigenvalue weighted by Crippen LogP contribution is 2.60. The van der Waals surface area contributed by atoms with Gasteiger partial charge in [0.05, 0.1) is 0 Å². The highest BCUT2D eigenvalue weighted by atomic mass is 19.4. The fraction of sp³-hybridized carbons (Fsp3) is 0.280. The second kappa shape index (κ2) is 11.4. The number of hydrogen-bond acceptors (Lipinski definition) is 6. The SMILES string of the molecule is C=CC(=O)OC(C)Oc1ccccc1C(c1ccccc1OC(C)OC(=O)C=C)(C(F)(F)F)C(F)(F)F. The summed E-state index contributed by atoms with van der Waals surface area (Å²) in [4.78, 5) is 22.9. The number of carbonyl (C=O) groups is 2. The summed E-state index contributed by atoms with van der Waals surface area (Å²) in [5.41, 5.74) is -7.37. The van der Waals surface area contributed by atoms with Gasteiger partial charge in [-0.2, -0.15) is 26.3 Å². The van der Waals surface area contributed by atoms with E-state index in [0.717, 1.165) is 62.4 Å². The van der Waals surface area contributed by atoms with Crippen molar-refractivity contribution in [2.75, 3.05) is 0 Å². The highest BCUT2D eigenvalue weighted by Gasteiger charge is 2.74. The van der Waals surface area contributed by atoms with E-state index in [2.05, 4.69) is 13.2 Å². The van der Waals surface area contributed by atoms with Crippen LogP contribution in [0, 0.1) is 0 Å². The third-order valence-corrected chi connectivity index (χ3v) is 4.92. The van der Waals surface area contributed by atoms with E-state index < -0.39 is 64.9 Å². The van der Waals surface area contributed by atoms with Crippen molar-refractivity contribution in [3.05, 3.63) is 85.0 Å². The summed E-state index contributed by atoms with van der Waals surface area (Å²) in [6.07, 6.45) is -13.6. The molecule has 6 nitrogen and oxygen atoms in total. The summed E-state index contributed by atoms with van der Waals surface area (Å²) in [6, 6.07) is 7.16.